The Morgan fingerprint density at radius 2 is 2.25 bits per heavy atom. The number of anilines is 2. The van der Waals surface area contributed by atoms with Crippen molar-refractivity contribution in [3.05, 3.63) is 35.9 Å². The van der Waals surface area contributed by atoms with Gasteiger partial charge in [-0.1, -0.05) is 0 Å². The standard InChI is InChI=1S/C18H22N8O2/c1-10-6-13(26-25-10)21-17-12-4-3-5-20-16(12)23-18(24-17)15(11-7-19-8-11)22-14(27)9-28-2/h3-6,11,15,19H,7-9H2,1-2H3,(H,22,27)(H2,20,21,23,24,25,26). The fraction of sp³-hybridized carbons (Fsp3) is 0.389. The smallest absolute Gasteiger partial charge is 0.246 e. The van der Waals surface area contributed by atoms with Crippen molar-refractivity contribution in [1.82, 2.24) is 35.8 Å². The minimum absolute atomic E-state index is 0.0129. The molecule has 0 aliphatic carbocycles. The van der Waals surface area contributed by atoms with Crippen molar-refractivity contribution in [2.75, 3.05) is 32.1 Å². The van der Waals surface area contributed by atoms with Gasteiger partial charge in [0.15, 0.2) is 11.5 Å². The van der Waals surface area contributed by atoms with E-state index < -0.39 is 0 Å². The number of carbonyl (C=O) groups is 1. The molecule has 0 saturated carbocycles. The number of aromatic nitrogens is 5. The van der Waals surface area contributed by atoms with Crippen LogP contribution in [0.25, 0.3) is 11.0 Å². The molecular formula is C18H22N8O2. The van der Waals surface area contributed by atoms with E-state index >= 15 is 0 Å². The number of carbonyl (C=O) groups excluding carboxylic acids is 1. The van der Waals surface area contributed by atoms with E-state index in [1.165, 1.54) is 7.11 Å². The second kappa shape index (κ2) is 7.87. The van der Waals surface area contributed by atoms with Gasteiger partial charge in [-0.3, -0.25) is 9.89 Å². The van der Waals surface area contributed by atoms with E-state index in [4.69, 9.17) is 9.72 Å². The van der Waals surface area contributed by atoms with Crippen molar-refractivity contribution >= 4 is 28.6 Å². The summed E-state index contributed by atoms with van der Waals surface area (Å²) in [5, 5.41) is 17.3. The van der Waals surface area contributed by atoms with Crippen LogP contribution in [0.4, 0.5) is 11.6 Å². The van der Waals surface area contributed by atoms with Crippen molar-refractivity contribution in [3.8, 4) is 0 Å². The number of ether oxygens (including phenoxy) is 1. The molecule has 3 aromatic rings. The van der Waals surface area contributed by atoms with E-state index in [1.807, 2.05) is 25.1 Å². The molecule has 146 valence electrons. The molecule has 1 unspecified atom stereocenters. The number of methoxy groups -OCH3 is 1. The van der Waals surface area contributed by atoms with Crippen molar-refractivity contribution in [2.24, 2.45) is 5.92 Å². The Bertz CT molecular complexity index is 985. The molecule has 1 fully saturated rings. The van der Waals surface area contributed by atoms with Crippen LogP contribution < -0.4 is 16.0 Å². The summed E-state index contributed by atoms with van der Waals surface area (Å²) in [7, 11) is 1.49. The predicted octanol–water partition coefficient (Wildman–Crippen LogP) is 0.823. The van der Waals surface area contributed by atoms with E-state index in [1.54, 1.807) is 6.20 Å². The molecule has 10 nitrogen and oxygen atoms in total. The van der Waals surface area contributed by atoms with Crippen LogP contribution >= 0.6 is 0 Å². The van der Waals surface area contributed by atoms with E-state index in [0.717, 1.165) is 30.0 Å². The minimum atomic E-state index is -0.334. The van der Waals surface area contributed by atoms with E-state index in [2.05, 4.69) is 36.1 Å². The van der Waals surface area contributed by atoms with Gasteiger partial charge in [0, 0.05) is 38.4 Å². The fourth-order valence-corrected chi connectivity index (χ4v) is 3.11. The lowest BCUT2D eigenvalue weighted by Crippen LogP contribution is -2.51. The minimum Gasteiger partial charge on any atom is -0.375 e. The summed E-state index contributed by atoms with van der Waals surface area (Å²) in [5.74, 6) is 1.83. The molecule has 4 N–H and O–H groups in total. The van der Waals surface area contributed by atoms with Gasteiger partial charge < -0.3 is 20.7 Å². The molecule has 1 atom stereocenters. The van der Waals surface area contributed by atoms with E-state index in [0.29, 0.717) is 17.3 Å². The van der Waals surface area contributed by atoms with Gasteiger partial charge >= 0.3 is 0 Å². The molecule has 1 saturated heterocycles. The van der Waals surface area contributed by atoms with Crippen LogP contribution in [0.3, 0.4) is 0 Å². The van der Waals surface area contributed by atoms with Crippen LogP contribution in [0.15, 0.2) is 24.4 Å². The van der Waals surface area contributed by atoms with Crippen LogP contribution in [0.2, 0.25) is 0 Å². The summed E-state index contributed by atoms with van der Waals surface area (Å²) in [6, 6.07) is 5.29. The first-order chi connectivity index (χ1) is 13.6. The number of H-pyrrole nitrogens is 1. The summed E-state index contributed by atoms with van der Waals surface area (Å²) in [4.78, 5) is 25.9. The molecule has 10 heteroatoms. The normalized spacial score (nSPS) is 15.2. The topological polar surface area (TPSA) is 130 Å². The molecule has 0 spiro atoms. The zero-order valence-electron chi connectivity index (χ0n) is 15.7. The van der Waals surface area contributed by atoms with Crippen molar-refractivity contribution in [2.45, 2.75) is 13.0 Å². The van der Waals surface area contributed by atoms with Gasteiger partial charge in [-0.25, -0.2) is 15.0 Å². The molecule has 1 amide bonds. The summed E-state index contributed by atoms with van der Waals surface area (Å²) in [5.41, 5.74) is 1.42. The number of hydrogen-bond donors (Lipinski definition) is 4. The van der Waals surface area contributed by atoms with Crippen molar-refractivity contribution < 1.29 is 9.53 Å². The van der Waals surface area contributed by atoms with Gasteiger partial charge in [0.05, 0.1) is 17.1 Å². The van der Waals surface area contributed by atoms with Gasteiger partial charge in [0.1, 0.15) is 18.2 Å². The lowest BCUT2D eigenvalue weighted by atomic mass is 9.93. The number of nitrogens with one attached hydrogen (secondary N) is 4. The van der Waals surface area contributed by atoms with Crippen LogP contribution in [0.5, 0.6) is 0 Å². The quantitative estimate of drug-likeness (QED) is 0.473. The van der Waals surface area contributed by atoms with Gasteiger partial charge in [-0.2, -0.15) is 5.10 Å². The number of rotatable bonds is 7. The van der Waals surface area contributed by atoms with Crippen LogP contribution in [0, 0.1) is 12.8 Å². The third kappa shape index (κ3) is 3.78. The van der Waals surface area contributed by atoms with Gasteiger partial charge in [-0.05, 0) is 19.1 Å². The Hall–Kier alpha value is -3.11. The molecule has 0 bridgehead atoms. The highest BCUT2D eigenvalue weighted by Crippen LogP contribution is 2.28. The molecule has 28 heavy (non-hydrogen) atoms. The molecule has 3 aromatic heterocycles. The largest absolute Gasteiger partial charge is 0.375 e. The highest BCUT2D eigenvalue weighted by molar-refractivity contribution is 5.88. The van der Waals surface area contributed by atoms with Gasteiger partial charge in [0.2, 0.25) is 5.91 Å². The number of nitrogens with zero attached hydrogens (tertiary/aromatic N) is 4. The van der Waals surface area contributed by atoms with E-state index in [9.17, 15) is 4.79 Å². The number of aryl methyl sites for hydroxylation is 1. The third-order valence-corrected chi connectivity index (χ3v) is 4.60. The Morgan fingerprint density at radius 3 is 2.93 bits per heavy atom. The molecule has 0 radical (unpaired) electrons. The maximum atomic E-state index is 12.2. The molecule has 4 heterocycles. The summed E-state index contributed by atoms with van der Waals surface area (Å²) >= 11 is 0. The molecule has 4 rings (SSSR count). The monoisotopic (exact) mass is 382 g/mol. The maximum Gasteiger partial charge on any atom is 0.246 e. The van der Waals surface area contributed by atoms with Gasteiger partial charge in [-0.15, -0.1) is 0 Å². The molecular weight excluding hydrogens is 360 g/mol. The first kappa shape index (κ1) is 18.3. The maximum absolute atomic E-state index is 12.2. The highest BCUT2D eigenvalue weighted by atomic mass is 16.5. The van der Waals surface area contributed by atoms with E-state index in [-0.39, 0.29) is 24.5 Å². The van der Waals surface area contributed by atoms with Crippen LogP contribution in [-0.2, 0) is 9.53 Å². The third-order valence-electron chi connectivity index (χ3n) is 4.60. The molecule has 0 aromatic carbocycles. The Labute approximate surface area is 161 Å². The number of amides is 1. The predicted molar refractivity (Wildman–Crippen MR) is 103 cm³/mol. The van der Waals surface area contributed by atoms with Gasteiger partial charge in [0.25, 0.3) is 0 Å². The lowest BCUT2D eigenvalue weighted by Gasteiger charge is -2.34. The number of hydrogen-bond acceptors (Lipinski definition) is 8. The zero-order chi connectivity index (χ0) is 19.5. The lowest BCUT2D eigenvalue weighted by molar-refractivity contribution is -0.126. The average molecular weight is 382 g/mol. The zero-order valence-corrected chi connectivity index (χ0v) is 15.7. The second-order valence-electron chi connectivity index (χ2n) is 6.75. The first-order valence-electron chi connectivity index (χ1n) is 9.05. The summed E-state index contributed by atoms with van der Waals surface area (Å²) in [6.45, 7) is 3.45. The Morgan fingerprint density at radius 1 is 1.39 bits per heavy atom. The Balaban J connectivity index is 1.73. The summed E-state index contributed by atoms with van der Waals surface area (Å²) in [6.07, 6.45) is 1.69. The van der Waals surface area contributed by atoms with Crippen LogP contribution in [-0.4, -0.2) is 57.9 Å². The molecule has 1 aliphatic rings. The fourth-order valence-electron chi connectivity index (χ4n) is 3.11. The van der Waals surface area contributed by atoms with Crippen LogP contribution in [0.1, 0.15) is 17.6 Å². The SMILES string of the molecule is COCC(=O)NC(c1nc(Nc2cc(C)n[nH]2)c2cccnc2n1)C1CNC1. The number of aromatic amines is 1. The number of pyridine rings is 1. The number of fused-ring (bicyclic) bond motifs is 1. The van der Waals surface area contributed by atoms with Crippen molar-refractivity contribution in [3.63, 3.8) is 0 Å². The first-order valence-corrected chi connectivity index (χ1v) is 9.05. The highest BCUT2D eigenvalue weighted by Gasteiger charge is 2.32. The average Bonchev–Trinajstić information content (AvgIpc) is 3.04. The Kier molecular flexibility index (Phi) is 5.13. The second-order valence-corrected chi connectivity index (χ2v) is 6.75. The summed E-state index contributed by atoms with van der Waals surface area (Å²) < 4.78 is 4.94. The molecule has 1 aliphatic heterocycles. The van der Waals surface area contributed by atoms with Crippen molar-refractivity contribution in [1.29, 1.82) is 0 Å².